The topological polar surface area (TPSA) is 188 Å². The molecule has 11 heteroatoms. The minimum absolute atomic E-state index is 0.0296. The molecule has 1 unspecified atom stereocenters. The summed E-state index contributed by atoms with van der Waals surface area (Å²) in [6.07, 6.45) is 8.91. The van der Waals surface area contributed by atoms with Gasteiger partial charge in [0, 0.05) is 5.92 Å². The molecule has 6 rings (SSSR count). The average Bonchev–Trinajstić information content (AvgIpc) is 3.24. The van der Waals surface area contributed by atoms with E-state index in [1.165, 1.54) is 5.57 Å². The molecule has 5 amide bonds. The Morgan fingerprint density at radius 1 is 0.933 bits per heavy atom. The van der Waals surface area contributed by atoms with Gasteiger partial charge in [0.15, 0.2) is 11.9 Å². The van der Waals surface area contributed by atoms with E-state index in [9.17, 15) is 34.2 Å². The molecule has 11 nitrogen and oxygen atoms in total. The van der Waals surface area contributed by atoms with Crippen LogP contribution in [0.1, 0.15) is 106 Å². The number of carboxylic acid groups (broad SMARTS) is 1. The first-order valence-electron chi connectivity index (χ1n) is 16.5. The maximum Gasteiger partial charge on any atom is 0.323 e. The number of amides is 5. The molecule has 0 bridgehead atoms. The number of aliphatic hydroxyl groups is 1. The summed E-state index contributed by atoms with van der Waals surface area (Å²) >= 11 is 0. The molecule has 0 aromatic carbocycles. The van der Waals surface area contributed by atoms with Crippen LogP contribution in [0.5, 0.6) is 0 Å². The molecule has 4 saturated carbocycles. The Bertz CT molecular complexity index is 1360. The lowest BCUT2D eigenvalue weighted by Crippen LogP contribution is -2.66. The minimum Gasteiger partial charge on any atom is -0.481 e. The summed E-state index contributed by atoms with van der Waals surface area (Å²) in [5, 5.41) is 27.0. The smallest absolute Gasteiger partial charge is 0.323 e. The van der Waals surface area contributed by atoms with Crippen molar-refractivity contribution in [3.8, 4) is 0 Å². The van der Waals surface area contributed by atoms with Crippen LogP contribution < -0.4 is 21.7 Å². The van der Waals surface area contributed by atoms with Gasteiger partial charge in [-0.1, -0.05) is 47.1 Å². The van der Waals surface area contributed by atoms with Crippen LogP contribution in [0, 0.1) is 50.2 Å². The highest BCUT2D eigenvalue weighted by Crippen LogP contribution is 2.75. The second-order valence-corrected chi connectivity index (χ2v) is 16.8. The highest BCUT2D eigenvalue weighted by Gasteiger charge is 2.70. The molecule has 1 heterocycles. The predicted molar refractivity (Wildman–Crippen MR) is 166 cm³/mol. The van der Waals surface area contributed by atoms with Gasteiger partial charge in [0.2, 0.25) is 0 Å². The number of carboxylic acids is 1. The van der Waals surface area contributed by atoms with E-state index >= 15 is 0 Å². The zero-order valence-corrected chi connectivity index (χ0v) is 27.8. The summed E-state index contributed by atoms with van der Waals surface area (Å²) < 4.78 is 0. The van der Waals surface area contributed by atoms with E-state index in [1.54, 1.807) is 0 Å². The third kappa shape index (κ3) is 4.90. The number of carbonyl (C=O) groups excluding carboxylic acids is 4. The quantitative estimate of drug-likeness (QED) is 0.247. The fourth-order valence-electron chi connectivity index (χ4n) is 11.0. The summed E-state index contributed by atoms with van der Waals surface area (Å²) in [5.41, 5.74) is 4.84. The van der Waals surface area contributed by atoms with Crippen molar-refractivity contribution in [2.45, 2.75) is 119 Å². The van der Waals surface area contributed by atoms with E-state index in [-0.39, 0.29) is 50.8 Å². The summed E-state index contributed by atoms with van der Waals surface area (Å²) in [6, 6.07) is -1.51. The molecular weight excluding hydrogens is 576 g/mol. The normalized spacial score (nSPS) is 46.4. The number of imide groups is 1. The number of aliphatic hydroxyl groups excluding tert-OH is 1. The van der Waals surface area contributed by atoms with Crippen molar-refractivity contribution in [3.05, 3.63) is 11.6 Å². The Balaban J connectivity index is 0.000000309. The highest BCUT2D eigenvalue weighted by atomic mass is 16.4. The third-order valence-corrected chi connectivity index (χ3v) is 14.1. The number of allylic oxidation sites excluding steroid dienone is 2. The number of ketones is 1. The second-order valence-electron chi connectivity index (χ2n) is 16.8. The predicted octanol–water partition coefficient (Wildman–Crippen LogP) is 4.23. The summed E-state index contributed by atoms with van der Waals surface area (Å²) in [6.45, 7) is 15.8. The van der Waals surface area contributed by atoms with E-state index in [0.29, 0.717) is 12.3 Å². The monoisotopic (exact) mass is 628 g/mol. The standard InChI is InChI=1S/C30H46O4.C4H6N4O3/c1-25(2)21-8-11-30(7)23(28(21,5)10-9-22(25)32)20(31)16-18-19-17-27(4,24(33)34)13-12-26(19,3)14-15-29(18,30)6;5-3(10)6-1-2(9)8-4(11)7-1/h16,19,21-23,32H,8-15,17H2,1-7H3,(H,33,34);1H,(H3,5,6,10)(H2,7,8,9,11)/t19-,21-,22-,23+,26+,27+,28-,29+,30+;/m0./s1. The average molecular weight is 629 g/mol. The first-order valence-corrected chi connectivity index (χ1v) is 16.5. The van der Waals surface area contributed by atoms with Crippen LogP contribution in [0.15, 0.2) is 11.6 Å². The molecule has 0 aromatic rings. The number of nitrogens with one attached hydrogen (secondary N) is 3. The molecule has 0 aromatic heterocycles. The molecule has 10 atom stereocenters. The van der Waals surface area contributed by atoms with Gasteiger partial charge in [-0.2, -0.15) is 0 Å². The molecule has 5 aliphatic carbocycles. The van der Waals surface area contributed by atoms with Crippen LogP contribution in [0.2, 0.25) is 0 Å². The van der Waals surface area contributed by atoms with E-state index in [4.69, 9.17) is 5.73 Å². The number of rotatable bonds is 2. The Labute approximate surface area is 265 Å². The maximum atomic E-state index is 14.2. The van der Waals surface area contributed by atoms with Crippen LogP contribution in [-0.2, 0) is 14.4 Å². The van der Waals surface area contributed by atoms with Gasteiger partial charge in [0.05, 0.1) is 11.5 Å². The fraction of sp³-hybridized carbons (Fsp3) is 0.794. The van der Waals surface area contributed by atoms with Crippen LogP contribution in [0.4, 0.5) is 9.59 Å². The zero-order chi connectivity index (χ0) is 33.5. The van der Waals surface area contributed by atoms with E-state index in [1.807, 2.05) is 23.6 Å². The number of urea groups is 2. The number of hydrogen-bond donors (Lipinski definition) is 6. The second kappa shape index (κ2) is 10.5. The van der Waals surface area contributed by atoms with E-state index < -0.39 is 35.5 Å². The van der Waals surface area contributed by atoms with Crippen molar-refractivity contribution in [1.82, 2.24) is 16.0 Å². The Kier molecular flexibility index (Phi) is 7.82. The fourth-order valence-corrected chi connectivity index (χ4v) is 11.0. The van der Waals surface area contributed by atoms with Gasteiger partial charge in [-0.3, -0.25) is 19.7 Å². The van der Waals surface area contributed by atoms with Crippen molar-refractivity contribution >= 4 is 29.7 Å². The molecule has 250 valence electrons. The van der Waals surface area contributed by atoms with Crippen molar-refractivity contribution < 1.29 is 34.2 Å². The van der Waals surface area contributed by atoms with Gasteiger partial charge in [-0.25, -0.2) is 9.59 Å². The van der Waals surface area contributed by atoms with Crippen molar-refractivity contribution in [1.29, 1.82) is 0 Å². The summed E-state index contributed by atoms with van der Waals surface area (Å²) in [7, 11) is 0. The Morgan fingerprint density at radius 2 is 1.58 bits per heavy atom. The first kappa shape index (κ1) is 33.4. The zero-order valence-electron chi connectivity index (χ0n) is 27.8. The van der Waals surface area contributed by atoms with Gasteiger partial charge < -0.3 is 26.6 Å². The lowest BCUT2D eigenvalue weighted by molar-refractivity contribution is -0.202. The van der Waals surface area contributed by atoms with Crippen LogP contribution in [0.3, 0.4) is 0 Å². The SMILES string of the molecule is CC1(C)[C@@H](O)CC[C@]2(C)[C@H]3C(=O)C=C4[C@@H]5C[C@](C)(C(=O)O)CC[C@]5(C)CC[C@@]4(C)[C@]3(C)CC[C@@H]12.NC(=O)NC1NC(=O)NC1=O. The van der Waals surface area contributed by atoms with Gasteiger partial charge in [-0.05, 0) is 110 Å². The maximum absolute atomic E-state index is 14.2. The number of primary amides is 1. The minimum atomic E-state index is -1.04. The number of fused-ring (bicyclic) bond motifs is 7. The van der Waals surface area contributed by atoms with Crippen molar-refractivity contribution in [3.63, 3.8) is 0 Å². The molecule has 7 N–H and O–H groups in total. The number of hydrogen-bond acceptors (Lipinski definition) is 6. The molecule has 5 fully saturated rings. The number of aliphatic carboxylic acids is 1. The molecular formula is C34H52N4O7. The Hall–Kier alpha value is -2.95. The van der Waals surface area contributed by atoms with Crippen LogP contribution in [0.25, 0.3) is 0 Å². The third-order valence-electron chi connectivity index (χ3n) is 14.1. The van der Waals surface area contributed by atoms with Gasteiger partial charge >= 0.3 is 18.0 Å². The lowest BCUT2D eigenvalue weighted by atomic mass is 9.33. The van der Waals surface area contributed by atoms with Crippen LogP contribution >= 0.6 is 0 Å². The highest BCUT2D eigenvalue weighted by molar-refractivity contribution is 6.05. The van der Waals surface area contributed by atoms with Crippen molar-refractivity contribution in [2.24, 2.45) is 56.0 Å². The lowest BCUT2D eigenvalue weighted by Gasteiger charge is -2.70. The van der Waals surface area contributed by atoms with Gasteiger partial charge in [-0.15, -0.1) is 0 Å². The first-order chi connectivity index (χ1) is 20.6. The molecule has 0 spiro atoms. The van der Waals surface area contributed by atoms with E-state index in [0.717, 1.165) is 51.4 Å². The molecule has 0 radical (unpaired) electrons. The largest absolute Gasteiger partial charge is 0.481 e. The molecule has 1 aliphatic heterocycles. The summed E-state index contributed by atoms with van der Waals surface area (Å²) in [4.78, 5) is 57.7. The Morgan fingerprint density at radius 3 is 2.16 bits per heavy atom. The number of nitrogens with two attached hydrogens (primary N) is 1. The van der Waals surface area contributed by atoms with Gasteiger partial charge in [0.1, 0.15) is 0 Å². The van der Waals surface area contributed by atoms with Crippen LogP contribution in [-0.4, -0.2) is 52.2 Å². The van der Waals surface area contributed by atoms with Gasteiger partial charge in [0.25, 0.3) is 5.91 Å². The number of carbonyl (C=O) groups is 5. The van der Waals surface area contributed by atoms with Crippen molar-refractivity contribution in [2.75, 3.05) is 0 Å². The summed E-state index contributed by atoms with van der Waals surface area (Å²) in [5.74, 6) is -0.557. The van der Waals surface area contributed by atoms with E-state index in [2.05, 4.69) is 46.9 Å². The molecule has 6 aliphatic rings. The molecule has 45 heavy (non-hydrogen) atoms. The molecule has 1 saturated heterocycles.